The molecule has 0 fully saturated rings. The normalized spacial score (nSPS) is 12.3. The van der Waals surface area contributed by atoms with Crippen molar-refractivity contribution < 1.29 is 9.53 Å². The molecule has 2 rings (SSSR count). The van der Waals surface area contributed by atoms with Crippen LogP contribution in [0, 0.1) is 0 Å². The molecule has 0 aliphatic rings. The molecule has 2 N–H and O–H groups in total. The van der Waals surface area contributed by atoms with Gasteiger partial charge in [-0.2, -0.15) is 0 Å². The molecule has 0 saturated carbocycles. The molecule has 0 saturated heterocycles. The summed E-state index contributed by atoms with van der Waals surface area (Å²) in [5, 5.41) is 2.77. The van der Waals surface area contributed by atoms with Crippen molar-refractivity contribution in [2.24, 2.45) is 5.73 Å². The van der Waals surface area contributed by atoms with Crippen LogP contribution in [0.3, 0.4) is 0 Å². The van der Waals surface area contributed by atoms with Crippen molar-refractivity contribution in [2.45, 2.75) is 19.4 Å². The minimum absolute atomic E-state index is 0.347. The van der Waals surface area contributed by atoms with Gasteiger partial charge in [0.25, 0.3) is 0 Å². The average molecular weight is 265 g/mol. The zero-order valence-electron chi connectivity index (χ0n) is 10.1. The predicted octanol–water partition coefficient (Wildman–Crippen LogP) is 1.37. The number of hydrogen-bond acceptors (Lipinski definition) is 5. The lowest BCUT2D eigenvalue weighted by molar-refractivity contribution is -0.144. The van der Waals surface area contributed by atoms with Crippen molar-refractivity contribution in [3.05, 3.63) is 35.6 Å². The van der Waals surface area contributed by atoms with Gasteiger partial charge in [-0.3, -0.25) is 9.36 Å². The molecule has 0 aliphatic heterocycles. The maximum Gasteiger partial charge on any atom is 0.323 e. The van der Waals surface area contributed by atoms with E-state index in [1.165, 1.54) is 11.3 Å². The van der Waals surface area contributed by atoms with Gasteiger partial charge >= 0.3 is 5.97 Å². The Balaban J connectivity index is 2.11. The highest BCUT2D eigenvalue weighted by Gasteiger charge is 2.17. The Morgan fingerprint density at radius 1 is 1.67 bits per heavy atom. The Kier molecular flexibility index (Phi) is 4.11. The summed E-state index contributed by atoms with van der Waals surface area (Å²) in [5.41, 5.74) is 6.76. The zero-order chi connectivity index (χ0) is 13.0. The van der Waals surface area contributed by atoms with Crippen LogP contribution in [-0.4, -0.2) is 28.2 Å². The molecule has 0 radical (unpaired) electrons. The number of nitrogens with two attached hydrogens (primary N) is 1. The Hall–Kier alpha value is -1.66. The molecule has 5 nitrogen and oxygen atoms in total. The third kappa shape index (κ3) is 2.77. The largest absolute Gasteiger partial charge is 0.465 e. The second kappa shape index (κ2) is 5.79. The lowest BCUT2D eigenvalue weighted by atomic mass is 10.2. The zero-order valence-corrected chi connectivity index (χ0v) is 10.9. The van der Waals surface area contributed by atoms with Crippen LogP contribution in [0.4, 0.5) is 0 Å². The molecule has 2 heterocycles. The Morgan fingerprint density at radius 2 is 2.50 bits per heavy atom. The molecule has 0 spiro atoms. The first-order valence-electron chi connectivity index (χ1n) is 5.70. The van der Waals surface area contributed by atoms with Crippen molar-refractivity contribution in [1.82, 2.24) is 9.55 Å². The van der Waals surface area contributed by atoms with E-state index in [2.05, 4.69) is 4.98 Å². The summed E-state index contributed by atoms with van der Waals surface area (Å²) in [6.07, 6.45) is 4.09. The van der Waals surface area contributed by atoms with Gasteiger partial charge in [-0.05, 0) is 19.1 Å². The summed E-state index contributed by atoms with van der Waals surface area (Å²) in [4.78, 5) is 15.7. The minimum atomic E-state index is -0.640. The molecule has 0 aliphatic carbocycles. The second-order valence-corrected chi connectivity index (χ2v) is 4.62. The third-order valence-corrected chi connectivity index (χ3v) is 3.25. The third-order valence-electron chi connectivity index (χ3n) is 2.48. The van der Waals surface area contributed by atoms with Crippen molar-refractivity contribution in [3.63, 3.8) is 0 Å². The van der Waals surface area contributed by atoms with Gasteiger partial charge in [-0.25, -0.2) is 4.98 Å². The number of hydrogen-bond donors (Lipinski definition) is 1. The predicted molar refractivity (Wildman–Crippen MR) is 69.8 cm³/mol. The van der Waals surface area contributed by atoms with Crippen LogP contribution < -0.4 is 5.73 Å². The van der Waals surface area contributed by atoms with Gasteiger partial charge in [-0.1, -0.05) is 0 Å². The van der Waals surface area contributed by atoms with E-state index in [-0.39, 0.29) is 5.97 Å². The molecule has 96 valence electrons. The van der Waals surface area contributed by atoms with Crippen molar-refractivity contribution in [3.8, 4) is 5.13 Å². The number of carbonyl (C=O) groups is 1. The van der Waals surface area contributed by atoms with Crippen molar-refractivity contribution >= 4 is 17.3 Å². The molecule has 0 bridgehead atoms. The molecule has 0 amide bonds. The highest BCUT2D eigenvalue weighted by molar-refractivity contribution is 7.12. The van der Waals surface area contributed by atoms with E-state index >= 15 is 0 Å². The average Bonchev–Trinajstić information content (AvgIpc) is 2.98. The molecule has 1 unspecified atom stereocenters. The molecular weight excluding hydrogens is 250 g/mol. The van der Waals surface area contributed by atoms with Crippen LogP contribution in [0.2, 0.25) is 0 Å². The molecule has 2 aromatic heterocycles. The molecule has 2 aromatic rings. The van der Waals surface area contributed by atoms with Crippen LogP contribution >= 0.6 is 11.3 Å². The number of carbonyl (C=O) groups excluding carboxylic acids is 1. The molecular formula is C12H15N3O2S. The lowest BCUT2D eigenvalue weighted by Gasteiger charge is -2.11. The van der Waals surface area contributed by atoms with Gasteiger partial charge in [0.15, 0.2) is 5.13 Å². The lowest BCUT2D eigenvalue weighted by Crippen LogP contribution is -2.34. The van der Waals surface area contributed by atoms with E-state index in [0.29, 0.717) is 13.0 Å². The molecule has 6 heteroatoms. The van der Waals surface area contributed by atoms with Crippen molar-refractivity contribution in [1.29, 1.82) is 0 Å². The second-order valence-electron chi connectivity index (χ2n) is 3.75. The molecule has 1 atom stereocenters. The quantitative estimate of drug-likeness (QED) is 0.829. The number of nitrogens with zero attached hydrogens (tertiary/aromatic N) is 2. The van der Waals surface area contributed by atoms with Crippen LogP contribution in [0.5, 0.6) is 0 Å². The highest BCUT2D eigenvalue weighted by atomic mass is 32.1. The number of thiazole rings is 1. The fourth-order valence-electron chi connectivity index (χ4n) is 1.66. The topological polar surface area (TPSA) is 70.1 Å². The Labute approximate surface area is 109 Å². The van der Waals surface area contributed by atoms with Gasteiger partial charge in [0, 0.05) is 29.9 Å². The summed E-state index contributed by atoms with van der Waals surface area (Å²) in [6, 6.07) is 3.20. The molecule has 18 heavy (non-hydrogen) atoms. The Bertz CT molecular complexity index is 507. The van der Waals surface area contributed by atoms with E-state index < -0.39 is 6.04 Å². The number of aromatic nitrogens is 2. The summed E-state index contributed by atoms with van der Waals surface area (Å²) in [5.74, 6) is -0.371. The maximum atomic E-state index is 11.5. The van der Waals surface area contributed by atoms with Crippen LogP contribution in [0.25, 0.3) is 5.13 Å². The van der Waals surface area contributed by atoms with E-state index in [4.69, 9.17) is 10.5 Å². The van der Waals surface area contributed by atoms with Crippen molar-refractivity contribution in [2.75, 3.05) is 6.61 Å². The van der Waals surface area contributed by atoms with Gasteiger partial charge in [0.2, 0.25) is 0 Å². The van der Waals surface area contributed by atoms with E-state index in [1.54, 1.807) is 13.1 Å². The maximum absolute atomic E-state index is 11.5. The number of esters is 1. The van der Waals surface area contributed by atoms with Crippen LogP contribution in [0.1, 0.15) is 12.6 Å². The fraction of sp³-hybridized carbons (Fsp3) is 0.333. The molecule has 0 aromatic carbocycles. The summed E-state index contributed by atoms with van der Waals surface area (Å²) < 4.78 is 6.83. The Morgan fingerprint density at radius 3 is 3.17 bits per heavy atom. The SMILES string of the molecule is CCOC(=O)C(N)Cc1cccn1-c1nccs1. The fourth-order valence-corrected chi connectivity index (χ4v) is 2.32. The summed E-state index contributed by atoms with van der Waals surface area (Å²) >= 11 is 1.54. The van der Waals surface area contributed by atoms with E-state index in [9.17, 15) is 4.79 Å². The summed E-state index contributed by atoms with van der Waals surface area (Å²) in [7, 11) is 0. The first kappa shape index (κ1) is 12.8. The van der Waals surface area contributed by atoms with Crippen LogP contribution in [0.15, 0.2) is 29.9 Å². The monoisotopic (exact) mass is 265 g/mol. The summed E-state index contributed by atoms with van der Waals surface area (Å²) in [6.45, 7) is 2.11. The minimum Gasteiger partial charge on any atom is -0.465 e. The highest BCUT2D eigenvalue weighted by Crippen LogP contribution is 2.16. The first-order chi connectivity index (χ1) is 8.72. The van der Waals surface area contributed by atoms with E-state index in [1.807, 2.05) is 28.3 Å². The standard InChI is InChI=1S/C12H15N3O2S/c1-2-17-11(16)10(13)8-9-4-3-6-15(9)12-14-5-7-18-12/h3-7,10H,2,8,13H2,1H3. The van der Waals surface area contributed by atoms with Gasteiger partial charge in [0.1, 0.15) is 6.04 Å². The van der Waals surface area contributed by atoms with Crippen LogP contribution in [-0.2, 0) is 16.0 Å². The van der Waals surface area contributed by atoms with Gasteiger partial charge in [-0.15, -0.1) is 11.3 Å². The van der Waals surface area contributed by atoms with Gasteiger partial charge < -0.3 is 10.5 Å². The number of ether oxygens (including phenoxy) is 1. The van der Waals surface area contributed by atoms with Gasteiger partial charge in [0.05, 0.1) is 6.61 Å². The first-order valence-corrected chi connectivity index (χ1v) is 6.58. The number of rotatable bonds is 5. The smallest absolute Gasteiger partial charge is 0.323 e. The van der Waals surface area contributed by atoms with E-state index in [0.717, 1.165) is 10.8 Å².